The van der Waals surface area contributed by atoms with Gasteiger partial charge in [0, 0.05) is 5.39 Å². The Kier molecular flexibility index (Phi) is 3.16. The summed E-state index contributed by atoms with van der Waals surface area (Å²) in [6.07, 6.45) is 0. The first-order valence-corrected chi connectivity index (χ1v) is 6.40. The van der Waals surface area contributed by atoms with Crippen molar-refractivity contribution >= 4 is 22.4 Å². The molecule has 0 bridgehead atoms. The third kappa shape index (κ3) is 2.04. The van der Waals surface area contributed by atoms with Crippen LogP contribution in [0.4, 0.5) is 0 Å². The zero-order valence-corrected chi connectivity index (χ0v) is 11.5. The van der Waals surface area contributed by atoms with Crippen LogP contribution in [0.15, 0.2) is 53.3 Å². The second-order valence-corrected chi connectivity index (χ2v) is 4.61. The van der Waals surface area contributed by atoms with E-state index in [1.165, 1.54) is 4.68 Å². The number of ether oxygens (including phenoxy) is 1. The lowest BCUT2D eigenvalue weighted by Gasteiger charge is -2.08. The van der Waals surface area contributed by atoms with Crippen LogP contribution in [0.1, 0.15) is 0 Å². The molecule has 0 N–H and O–H groups in total. The van der Waals surface area contributed by atoms with E-state index in [1.54, 1.807) is 49.6 Å². The fourth-order valence-electron chi connectivity index (χ4n) is 2.05. The first kappa shape index (κ1) is 12.7. The van der Waals surface area contributed by atoms with Crippen molar-refractivity contribution < 1.29 is 4.74 Å². The smallest absolute Gasteiger partial charge is 0.279 e. The number of halogens is 1. The number of rotatable bonds is 2. The van der Waals surface area contributed by atoms with Crippen LogP contribution >= 0.6 is 11.6 Å². The number of benzene rings is 2. The number of fused-ring (bicyclic) bond motifs is 1. The van der Waals surface area contributed by atoms with Gasteiger partial charge in [0.25, 0.3) is 5.56 Å². The predicted molar refractivity (Wildman–Crippen MR) is 78.9 cm³/mol. The van der Waals surface area contributed by atoms with Gasteiger partial charge in [0.05, 0.1) is 18.2 Å². The molecule has 0 atom stereocenters. The molecule has 0 saturated carbocycles. The summed E-state index contributed by atoms with van der Waals surface area (Å²) in [5.41, 5.74) is 0.443. The molecule has 5 heteroatoms. The van der Waals surface area contributed by atoms with E-state index >= 15 is 0 Å². The SMILES string of the molecule is COc1ccc(-n2nc(Cl)c3ccccc3c2=O)cc1. The molecule has 0 fully saturated rings. The number of hydrogen-bond acceptors (Lipinski definition) is 3. The molecule has 0 aliphatic rings. The zero-order valence-electron chi connectivity index (χ0n) is 10.7. The van der Waals surface area contributed by atoms with Gasteiger partial charge in [0.15, 0.2) is 5.15 Å². The highest BCUT2D eigenvalue weighted by atomic mass is 35.5. The molecule has 1 heterocycles. The van der Waals surface area contributed by atoms with Crippen molar-refractivity contribution in [1.29, 1.82) is 0 Å². The van der Waals surface area contributed by atoms with Crippen molar-refractivity contribution in [2.24, 2.45) is 0 Å². The second kappa shape index (κ2) is 4.98. The van der Waals surface area contributed by atoms with Gasteiger partial charge in [0.1, 0.15) is 5.75 Å². The number of methoxy groups -OCH3 is 1. The Morgan fingerprint density at radius 3 is 2.35 bits per heavy atom. The average molecular weight is 287 g/mol. The van der Waals surface area contributed by atoms with Gasteiger partial charge < -0.3 is 4.74 Å². The quantitative estimate of drug-likeness (QED) is 0.727. The van der Waals surface area contributed by atoms with E-state index in [9.17, 15) is 4.79 Å². The van der Waals surface area contributed by atoms with Crippen molar-refractivity contribution in [3.05, 3.63) is 64.0 Å². The van der Waals surface area contributed by atoms with E-state index in [-0.39, 0.29) is 5.56 Å². The summed E-state index contributed by atoms with van der Waals surface area (Å²) >= 11 is 6.15. The van der Waals surface area contributed by atoms with Crippen LogP contribution in [-0.4, -0.2) is 16.9 Å². The number of nitrogens with zero attached hydrogens (tertiary/aromatic N) is 2. The largest absolute Gasteiger partial charge is 0.497 e. The van der Waals surface area contributed by atoms with Gasteiger partial charge in [-0.15, -0.1) is 0 Å². The van der Waals surface area contributed by atoms with Gasteiger partial charge in [0.2, 0.25) is 0 Å². The Hall–Kier alpha value is -2.33. The standard InChI is InChI=1S/C15H11ClN2O2/c1-20-11-8-6-10(7-9-11)18-15(19)13-5-3-2-4-12(13)14(16)17-18/h2-9H,1H3. The molecule has 3 rings (SSSR count). The second-order valence-electron chi connectivity index (χ2n) is 4.25. The number of hydrogen-bond donors (Lipinski definition) is 0. The first-order chi connectivity index (χ1) is 9.70. The molecule has 2 aromatic carbocycles. The van der Waals surface area contributed by atoms with E-state index in [2.05, 4.69) is 5.10 Å². The summed E-state index contributed by atoms with van der Waals surface area (Å²) in [4.78, 5) is 12.4. The Labute approximate surface area is 120 Å². The molecule has 0 saturated heterocycles. The fraction of sp³-hybridized carbons (Fsp3) is 0.0667. The maximum atomic E-state index is 12.4. The molecule has 0 unspecified atom stereocenters. The Morgan fingerprint density at radius 1 is 1.05 bits per heavy atom. The lowest BCUT2D eigenvalue weighted by atomic mass is 10.2. The van der Waals surface area contributed by atoms with Crippen LogP contribution in [-0.2, 0) is 0 Å². The topological polar surface area (TPSA) is 44.1 Å². The van der Waals surface area contributed by atoms with Crippen LogP contribution in [0, 0.1) is 0 Å². The van der Waals surface area contributed by atoms with Crippen molar-refractivity contribution in [3.8, 4) is 11.4 Å². The minimum absolute atomic E-state index is 0.199. The summed E-state index contributed by atoms with van der Waals surface area (Å²) < 4.78 is 6.39. The molecular formula is C15H11ClN2O2. The monoisotopic (exact) mass is 286 g/mol. The maximum absolute atomic E-state index is 12.4. The summed E-state index contributed by atoms with van der Waals surface area (Å²) in [5.74, 6) is 0.716. The van der Waals surface area contributed by atoms with Crippen molar-refractivity contribution in [1.82, 2.24) is 9.78 Å². The van der Waals surface area contributed by atoms with E-state index in [0.717, 1.165) is 0 Å². The predicted octanol–water partition coefficient (Wildman–Crippen LogP) is 3.05. The summed E-state index contributed by atoms with van der Waals surface area (Å²) in [7, 11) is 1.59. The van der Waals surface area contributed by atoms with Crippen molar-refractivity contribution in [2.75, 3.05) is 7.11 Å². The fourth-order valence-corrected chi connectivity index (χ4v) is 2.29. The highest BCUT2D eigenvalue weighted by Gasteiger charge is 2.09. The van der Waals surface area contributed by atoms with E-state index in [1.807, 2.05) is 6.07 Å². The van der Waals surface area contributed by atoms with Crippen LogP contribution < -0.4 is 10.3 Å². The molecule has 0 radical (unpaired) electrons. The molecular weight excluding hydrogens is 276 g/mol. The highest BCUT2D eigenvalue weighted by Crippen LogP contribution is 2.19. The van der Waals surface area contributed by atoms with Crippen LogP contribution in [0.5, 0.6) is 5.75 Å². The zero-order chi connectivity index (χ0) is 14.1. The normalized spacial score (nSPS) is 10.7. The van der Waals surface area contributed by atoms with Crippen molar-refractivity contribution in [2.45, 2.75) is 0 Å². The lowest BCUT2D eigenvalue weighted by molar-refractivity contribution is 0.414. The third-order valence-corrected chi connectivity index (χ3v) is 3.36. The lowest BCUT2D eigenvalue weighted by Crippen LogP contribution is -2.21. The van der Waals surface area contributed by atoms with Crippen LogP contribution in [0.2, 0.25) is 5.15 Å². The molecule has 0 spiro atoms. The number of aromatic nitrogens is 2. The minimum Gasteiger partial charge on any atom is -0.497 e. The molecule has 20 heavy (non-hydrogen) atoms. The molecule has 4 nitrogen and oxygen atoms in total. The van der Waals surface area contributed by atoms with Gasteiger partial charge in [-0.2, -0.15) is 9.78 Å². The Balaban J connectivity index is 2.25. The maximum Gasteiger partial charge on any atom is 0.279 e. The van der Waals surface area contributed by atoms with E-state index in [4.69, 9.17) is 16.3 Å². The molecule has 3 aromatic rings. The van der Waals surface area contributed by atoms with Gasteiger partial charge in [-0.1, -0.05) is 29.8 Å². The molecule has 0 aliphatic carbocycles. The summed E-state index contributed by atoms with van der Waals surface area (Å²) in [6.45, 7) is 0. The van der Waals surface area contributed by atoms with Gasteiger partial charge in [-0.3, -0.25) is 4.79 Å². The van der Waals surface area contributed by atoms with Crippen molar-refractivity contribution in [3.63, 3.8) is 0 Å². The van der Waals surface area contributed by atoms with E-state index in [0.29, 0.717) is 27.4 Å². The van der Waals surface area contributed by atoms with Crippen LogP contribution in [0.25, 0.3) is 16.5 Å². The molecule has 100 valence electrons. The Bertz CT molecular complexity index is 825. The highest BCUT2D eigenvalue weighted by molar-refractivity contribution is 6.34. The van der Waals surface area contributed by atoms with Gasteiger partial charge in [-0.05, 0) is 30.3 Å². The van der Waals surface area contributed by atoms with Gasteiger partial charge >= 0.3 is 0 Å². The van der Waals surface area contributed by atoms with Gasteiger partial charge in [-0.25, -0.2) is 0 Å². The summed E-state index contributed by atoms with van der Waals surface area (Å²) in [6, 6.07) is 14.2. The first-order valence-electron chi connectivity index (χ1n) is 6.03. The van der Waals surface area contributed by atoms with E-state index < -0.39 is 0 Å². The van der Waals surface area contributed by atoms with Crippen LogP contribution in [0.3, 0.4) is 0 Å². The minimum atomic E-state index is -0.199. The average Bonchev–Trinajstić information content (AvgIpc) is 2.51. The molecule has 0 aliphatic heterocycles. The molecule has 0 amide bonds. The summed E-state index contributed by atoms with van der Waals surface area (Å²) in [5, 5.41) is 5.66. The Morgan fingerprint density at radius 2 is 1.70 bits per heavy atom. The molecule has 1 aromatic heterocycles. The third-order valence-electron chi connectivity index (χ3n) is 3.08.